The second-order valence-electron chi connectivity index (χ2n) is 10.4. The number of hydrogen-bond acceptors (Lipinski definition) is 8. The van der Waals surface area contributed by atoms with Crippen molar-refractivity contribution >= 4 is 22.8 Å². The first-order chi connectivity index (χ1) is 20.0. The van der Waals surface area contributed by atoms with Crippen molar-refractivity contribution in [1.82, 2.24) is 19.5 Å². The predicted molar refractivity (Wildman–Crippen MR) is 155 cm³/mol. The predicted octanol–water partition coefficient (Wildman–Crippen LogP) is 5.17. The molecule has 4 heterocycles. The van der Waals surface area contributed by atoms with Crippen LogP contribution < -0.4 is 24.4 Å². The van der Waals surface area contributed by atoms with Gasteiger partial charge in [-0.2, -0.15) is 5.26 Å². The molecule has 0 amide bonds. The lowest BCUT2D eigenvalue weighted by molar-refractivity contribution is 0.207. The number of anilines is 3. The van der Waals surface area contributed by atoms with Crippen LogP contribution in [0.25, 0.3) is 16.9 Å². The highest BCUT2D eigenvalue weighted by atomic mass is 19.1. The van der Waals surface area contributed by atoms with Gasteiger partial charge in [0.1, 0.15) is 23.1 Å². The van der Waals surface area contributed by atoms with Crippen LogP contribution in [0.5, 0.6) is 17.2 Å². The Hall–Kier alpha value is -4.43. The van der Waals surface area contributed by atoms with Gasteiger partial charge >= 0.3 is 0 Å². The maximum absolute atomic E-state index is 15.5. The molecule has 0 atom stereocenters. The second kappa shape index (κ2) is 11.2. The first-order valence-corrected chi connectivity index (χ1v) is 13.9. The molecule has 4 aromatic rings. The quantitative estimate of drug-likeness (QED) is 0.305. The van der Waals surface area contributed by atoms with Gasteiger partial charge in [0, 0.05) is 36.6 Å². The van der Waals surface area contributed by atoms with Crippen LogP contribution in [-0.4, -0.2) is 73.0 Å². The molecule has 0 radical (unpaired) electrons. The summed E-state index contributed by atoms with van der Waals surface area (Å²) in [5.74, 6) is 1.64. The van der Waals surface area contributed by atoms with Crippen LogP contribution in [0.15, 0.2) is 36.5 Å². The summed E-state index contributed by atoms with van der Waals surface area (Å²) in [6, 6.07) is 11.6. The number of H-pyrrole nitrogens is 1. The van der Waals surface area contributed by atoms with Gasteiger partial charge in [-0.15, -0.1) is 0 Å². The fourth-order valence-corrected chi connectivity index (χ4v) is 6.09. The monoisotopic (exact) mass is 559 g/mol. The number of rotatable bonds is 8. The van der Waals surface area contributed by atoms with Gasteiger partial charge in [0.05, 0.1) is 27.0 Å². The van der Waals surface area contributed by atoms with Crippen LogP contribution in [-0.2, 0) is 0 Å². The number of piperidine rings is 1. The number of methoxy groups -OCH3 is 3. The van der Waals surface area contributed by atoms with Crippen molar-refractivity contribution in [3.63, 3.8) is 0 Å². The number of halogens is 1. The number of fused-ring (bicyclic) bond motifs is 1. The molecule has 2 saturated heterocycles. The third-order valence-corrected chi connectivity index (χ3v) is 8.19. The van der Waals surface area contributed by atoms with Crippen LogP contribution in [0.1, 0.15) is 31.2 Å². The molecule has 0 saturated carbocycles. The Bertz CT molecular complexity index is 1570. The number of ether oxygens (including phenoxy) is 3. The van der Waals surface area contributed by atoms with E-state index >= 15 is 4.39 Å². The minimum Gasteiger partial charge on any atom is -0.493 e. The smallest absolute Gasteiger partial charge is 0.203 e. The summed E-state index contributed by atoms with van der Waals surface area (Å²) in [4.78, 5) is 9.50. The molecule has 2 aliphatic rings. The van der Waals surface area contributed by atoms with Gasteiger partial charge in [-0.1, -0.05) is 0 Å². The lowest BCUT2D eigenvalue weighted by Crippen LogP contribution is -2.44. The van der Waals surface area contributed by atoms with Crippen LogP contribution in [0.4, 0.5) is 21.6 Å². The topological polar surface area (TPSA) is 103 Å². The molecule has 0 unspecified atom stereocenters. The largest absolute Gasteiger partial charge is 0.493 e. The highest BCUT2D eigenvalue weighted by Gasteiger charge is 2.28. The molecule has 2 N–H and O–H groups in total. The van der Waals surface area contributed by atoms with Crippen molar-refractivity contribution in [2.45, 2.75) is 31.7 Å². The summed E-state index contributed by atoms with van der Waals surface area (Å²) in [5, 5.41) is 16.0. The molecule has 2 aromatic heterocycles. The number of hydrogen-bond donors (Lipinski definition) is 2. The number of nitrogens with one attached hydrogen (secondary N) is 2. The van der Waals surface area contributed by atoms with Gasteiger partial charge in [-0.05, 0) is 69.1 Å². The van der Waals surface area contributed by atoms with Crippen molar-refractivity contribution in [2.75, 3.05) is 57.7 Å². The fourth-order valence-electron chi connectivity index (χ4n) is 6.09. The third-order valence-electron chi connectivity index (χ3n) is 8.19. The zero-order valence-corrected chi connectivity index (χ0v) is 23.5. The van der Waals surface area contributed by atoms with E-state index in [1.807, 2.05) is 12.1 Å². The molecule has 41 heavy (non-hydrogen) atoms. The molecular formula is C30H34FN7O3. The Morgan fingerprint density at radius 2 is 1.71 bits per heavy atom. The minimum atomic E-state index is -0.283. The van der Waals surface area contributed by atoms with E-state index in [1.54, 1.807) is 44.2 Å². The summed E-state index contributed by atoms with van der Waals surface area (Å²) in [5.41, 5.74) is 3.19. The number of aromatic nitrogens is 3. The average Bonchev–Trinajstić information content (AvgIpc) is 3.75. The first kappa shape index (κ1) is 26.8. The van der Waals surface area contributed by atoms with Crippen molar-refractivity contribution in [3.8, 4) is 34.6 Å². The lowest BCUT2D eigenvalue weighted by Gasteiger charge is -2.38. The number of likely N-dealkylation sites (tertiary alicyclic amines) is 1. The maximum atomic E-state index is 15.5. The van der Waals surface area contributed by atoms with Gasteiger partial charge in [0.15, 0.2) is 23.0 Å². The molecule has 6 rings (SSSR count). The van der Waals surface area contributed by atoms with Gasteiger partial charge < -0.3 is 29.3 Å². The number of imidazole rings is 1. The summed E-state index contributed by atoms with van der Waals surface area (Å²) in [6.45, 7) is 4.07. The highest BCUT2D eigenvalue weighted by Crippen LogP contribution is 2.43. The second-order valence-corrected chi connectivity index (χ2v) is 10.4. The van der Waals surface area contributed by atoms with E-state index < -0.39 is 0 Å². The van der Waals surface area contributed by atoms with E-state index in [1.165, 1.54) is 32.0 Å². The van der Waals surface area contributed by atoms with Gasteiger partial charge in [0.2, 0.25) is 5.75 Å². The molecular weight excluding hydrogens is 525 g/mol. The van der Waals surface area contributed by atoms with Gasteiger partial charge in [-0.25, -0.2) is 13.9 Å². The number of nitrogens with zero attached hydrogens (tertiary/aromatic N) is 5. The maximum Gasteiger partial charge on any atom is 0.203 e. The van der Waals surface area contributed by atoms with Crippen molar-refractivity contribution < 1.29 is 18.6 Å². The minimum absolute atomic E-state index is 0.283. The van der Waals surface area contributed by atoms with Crippen LogP contribution in [0.2, 0.25) is 0 Å². The van der Waals surface area contributed by atoms with E-state index in [-0.39, 0.29) is 5.82 Å². The molecule has 0 spiro atoms. The number of aromatic amines is 1. The third kappa shape index (κ3) is 4.89. The normalized spacial score (nSPS) is 16.2. The standard InChI is InChI=1S/C30H34FN7O3/c1-39-25-14-19(15-26(40-2)28(25)41-3)27-30(38-29(35-27)20(17-32)18-33-38)34-21-6-7-24(23(31)16-21)37-12-8-22(9-13-37)36-10-4-5-11-36/h6-7,14-16,18,22,33-34H,4-5,8-13H2,1-3H3. The first-order valence-electron chi connectivity index (χ1n) is 13.9. The molecule has 0 aliphatic carbocycles. The molecule has 10 nitrogen and oxygen atoms in total. The van der Waals surface area contributed by atoms with Crippen molar-refractivity contribution in [2.24, 2.45) is 0 Å². The van der Waals surface area contributed by atoms with Crippen molar-refractivity contribution in [1.29, 1.82) is 5.26 Å². The van der Waals surface area contributed by atoms with Gasteiger partial charge in [0.25, 0.3) is 0 Å². The zero-order chi connectivity index (χ0) is 28.5. The zero-order valence-electron chi connectivity index (χ0n) is 23.5. The molecule has 2 aliphatic heterocycles. The van der Waals surface area contributed by atoms with Gasteiger partial charge in [-0.3, -0.25) is 5.10 Å². The number of nitriles is 1. The Balaban J connectivity index is 1.31. The summed E-state index contributed by atoms with van der Waals surface area (Å²) >= 11 is 0. The fraction of sp³-hybridized carbons (Fsp3) is 0.400. The summed E-state index contributed by atoms with van der Waals surface area (Å²) in [7, 11) is 4.63. The Labute approximate surface area is 238 Å². The Morgan fingerprint density at radius 3 is 2.32 bits per heavy atom. The summed E-state index contributed by atoms with van der Waals surface area (Å²) < 4.78 is 33.8. The molecule has 0 bridgehead atoms. The average molecular weight is 560 g/mol. The van der Waals surface area contributed by atoms with Crippen LogP contribution in [0, 0.1) is 17.1 Å². The Kier molecular flexibility index (Phi) is 7.32. The van der Waals surface area contributed by atoms with E-state index in [9.17, 15) is 5.26 Å². The molecule has 2 aromatic carbocycles. The van der Waals surface area contributed by atoms with E-state index in [0.29, 0.717) is 63.0 Å². The summed E-state index contributed by atoms with van der Waals surface area (Å²) in [6.07, 6.45) is 6.27. The van der Waals surface area contributed by atoms with E-state index in [2.05, 4.69) is 26.3 Å². The molecule has 214 valence electrons. The Morgan fingerprint density at radius 1 is 1.00 bits per heavy atom. The van der Waals surface area contributed by atoms with Crippen LogP contribution in [0.3, 0.4) is 0 Å². The van der Waals surface area contributed by atoms with E-state index in [4.69, 9.17) is 19.2 Å². The molecule has 2 fully saturated rings. The number of benzene rings is 2. The van der Waals surface area contributed by atoms with E-state index in [0.717, 1.165) is 25.9 Å². The SMILES string of the molecule is COc1cc(-c2nc3c(C#N)c[nH]n3c2Nc2ccc(N3CCC(N4CCCC4)CC3)c(F)c2)cc(OC)c1OC. The molecule has 11 heteroatoms. The van der Waals surface area contributed by atoms with Crippen molar-refractivity contribution in [3.05, 3.63) is 47.9 Å². The highest BCUT2D eigenvalue weighted by molar-refractivity contribution is 5.83. The van der Waals surface area contributed by atoms with Crippen LogP contribution >= 0.6 is 0 Å². The lowest BCUT2D eigenvalue weighted by atomic mass is 10.0.